The van der Waals surface area contributed by atoms with Crippen LogP contribution in [0.5, 0.6) is 6.01 Å². The number of hydrogen-bond acceptors (Lipinski definition) is 5. The molecule has 0 aliphatic rings. The number of halogens is 2. The molecule has 0 saturated heterocycles. The van der Waals surface area contributed by atoms with Crippen LogP contribution in [-0.4, -0.2) is 23.2 Å². The minimum absolute atomic E-state index is 0.00699. The zero-order chi connectivity index (χ0) is 15.2. The molecule has 1 heterocycles. The van der Waals surface area contributed by atoms with Crippen molar-refractivity contribution in [3.8, 4) is 6.01 Å². The summed E-state index contributed by atoms with van der Waals surface area (Å²) in [6.07, 6.45) is 2.50. The van der Waals surface area contributed by atoms with Crippen molar-refractivity contribution in [1.29, 1.82) is 0 Å². The SMILES string of the molecule is C/C=N/Oc1ncc(F)c(N(C)Cc2ccc(Cl)cc2)n1. The molecule has 1 aromatic carbocycles. The Hall–Kier alpha value is -2.21. The first-order chi connectivity index (χ1) is 10.1. The molecule has 7 heteroatoms. The summed E-state index contributed by atoms with van der Waals surface area (Å²) in [5, 5.41) is 4.22. The summed E-state index contributed by atoms with van der Waals surface area (Å²) in [5.74, 6) is -0.388. The fourth-order valence-electron chi connectivity index (χ4n) is 1.69. The van der Waals surface area contributed by atoms with Gasteiger partial charge in [0, 0.05) is 24.8 Å². The fourth-order valence-corrected chi connectivity index (χ4v) is 1.82. The van der Waals surface area contributed by atoms with E-state index in [0.29, 0.717) is 11.6 Å². The highest BCUT2D eigenvalue weighted by atomic mass is 35.5. The van der Waals surface area contributed by atoms with Crippen LogP contribution < -0.4 is 9.74 Å². The van der Waals surface area contributed by atoms with E-state index in [-0.39, 0.29) is 11.8 Å². The van der Waals surface area contributed by atoms with Crippen LogP contribution in [0.25, 0.3) is 0 Å². The topological polar surface area (TPSA) is 50.6 Å². The number of rotatable bonds is 5. The Morgan fingerprint density at radius 1 is 1.38 bits per heavy atom. The van der Waals surface area contributed by atoms with E-state index in [1.54, 1.807) is 31.0 Å². The van der Waals surface area contributed by atoms with E-state index in [1.807, 2.05) is 12.1 Å². The molecular weight excluding hydrogens is 295 g/mol. The molecule has 5 nitrogen and oxygen atoms in total. The van der Waals surface area contributed by atoms with Gasteiger partial charge in [0.1, 0.15) is 0 Å². The predicted octanol–water partition coefficient (Wildman–Crippen LogP) is 3.29. The standard InChI is InChI=1S/C14H14ClFN4O/c1-3-18-21-14-17-8-12(16)13(19-14)20(2)9-10-4-6-11(15)7-5-10/h3-8H,9H2,1-2H3/b18-3+. The number of hydrogen-bond donors (Lipinski definition) is 0. The fraction of sp³-hybridized carbons (Fsp3) is 0.214. The molecule has 2 rings (SSSR count). The van der Waals surface area contributed by atoms with Gasteiger partial charge in [-0.25, -0.2) is 4.39 Å². The van der Waals surface area contributed by atoms with Gasteiger partial charge in [-0.1, -0.05) is 28.9 Å². The molecular formula is C14H14ClFN4O. The lowest BCUT2D eigenvalue weighted by atomic mass is 10.2. The van der Waals surface area contributed by atoms with Gasteiger partial charge < -0.3 is 9.74 Å². The molecule has 0 atom stereocenters. The first kappa shape index (κ1) is 15.2. The average Bonchev–Trinajstić information content (AvgIpc) is 2.48. The minimum Gasteiger partial charge on any atom is -0.353 e. The second kappa shape index (κ2) is 6.99. The Bertz CT molecular complexity index is 633. The van der Waals surface area contributed by atoms with E-state index in [9.17, 15) is 4.39 Å². The molecule has 2 aromatic rings. The molecule has 0 fully saturated rings. The van der Waals surface area contributed by atoms with E-state index >= 15 is 0 Å². The summed E-state index contributed by atoms with van der Waals surface area (Å²) in [6.45, 7) is 2.17. The second-order valence-corrected chi connectivity index (χ2v) is 4.70. The Morgan fingerprint density at radius 3 is 2.76 bits per heavy atom. The average molecular weight is 309 g/mol. The van der Waals surface area contributed by atoms with Gasteiger partial charge in [-0.15, -0.1) is 0 Å². The van der Waals surface area contributed by atoms with Crippen molar-refractivity contribution < 1.29 is 9.23 Å². The summed E-state index contributed by atoms with van der Waals surface area (Å²) in [5.41, 5.74) is 0.981. The van der Waals surface area contributed by atoms with Gasteiger partial charge in [0.25, 0.3) is 0 Å². The zero-order valence-electron chi connectivity index (χ0n) is 11.6. The molecule has 0 spiro atoms. The number of nitrogens with zero attached hydrogens (tertiary/aromatic N) is 4. The van der Waals surface area contributed by atoms with E-state index in [1.165, 1.54) is 6.21 Å². The molecule has 0 bridgehead atoms. The van der Waals surface area contributed by atoms with Crippen molar-refractivity contribution in [2.24, 2.45) is 5.16 Å². The molecule has 0 radical (unpaired) electrons. The second-order valence-electron chi connectivity index (χ2n) is 4.26. The normalized spacial score (nSPS) is 10.9. The predicted molar refractivity (Wildman–Crippen MR) is 80.3 cm³/mol. The van der Waals surface area contributed by atoms with Crippen LogP contribution in [0.15, 0.2) is 35.6 Å². The number of aromatic nitrogens is 2. The highest BCUT2D eigenvalue weighted by Gasteiger charge is 2.13. The molecule has 0 aliphatic carbocycles. The first-order valence-corrected chi connectivity index (χ1v) is 6.61. The summed E-state index contributed by atoms with van der Waals surface area (Å²) >= 11 is 5.84. The van der Waals surface area contributed by atoms with Gasteiger partial charge >= 0.3 is 6.01 Å². The zero-order valence-corrected chi connectivity index (χ0v) is 12.4. The van der Waals surface area contributed by atoms with E-state index in [0.717, 1.165) is 11.8 Å². The Labute approximate surface area is 127 Å². The first-order valence-electron chi connectivity index (χ1n) is 6.23. The van der Waals surface area contributed by atoms with E-state index < -0.39 is 5.82 Å². The molecule has 0 unspecified atom stereocenters. The lowest BCUT2D eigenvalue weighted by Gasteiger charge is -2.18. The summed E-state index contributed by atoms with van der Waals surface area (Å²) < 4.78 is 13.8. The van der Waals surface area contributed by atoms with Gasteiger partial charge in [0.05, 0.1) is 6.20 Å². The van der Waals surface area contributed by atoms with Crippen molar-refractivity contribution >= 4 is 23.6 Å². The highest BCUT2D eigenvalue weighted by Crippen LogP contribution is 2.20. The van der Waals surface area contributed by atoms with Gasteiger partial charge in [0.2, 0.25) is 0 Å². The van der Waals surface area contributed by atoms with E-state index in [4.69, 9.17) is 16.4 Å². The van der Waals surface area contributed by atoms with Crippen LogP contribution in [0, 0.1) is 5.82 Å². The largest absolute Gasteiger partial charge is 0.353 e. The van der Waals surface area contributed by atoms with Gasteiger partial charge in [0.15, 0.2) is 11.6 Å². The third kappa shape index (κ3) is 4.13. The highest BCUT2D eigenvalue weighted by molar-refractivity contribution is 6.30. The van der Waals surface area contributed by atoms with Crippen molar-refractivity contribution in [3.05, 3.63) is 46.9 Å². The van der Waals surface area contributed by atoms with Crippen LogP contribution in [-0.2, 0) is 6.54 Å². The quantitative estimate of drug-likeness (QED) is 0.628. The molecule has 0 N–H and O–H groups in total. The molecule has 0 aliphatic heterocycles. The van der Waals surface area contributed by atoms with Gasteiger partial charge in [-0.2, -0.15) is 9.97 Å². The van der Waals surface area contributed by atoms with Crippen molar-refractivity contribution in [3.63, 3.8) is 0 Å². The van der Waals surface area contributed by atoms with Crippen LogP contribution in [0.2, 0.25) is 5.02 Å². The maximum absolute atomic E-state index is 13.8. The summed E-state index contributed by atoms with van der Waals surface area (Å²) in [7, 11) is 1.73. The summed E-state index contributed by atoms with van der Waals surface area (Å²) in [6, 6.07) is 7.30. The smallest absolute Gasteiger partial charge is 0.347 e. The molecule has 0 amide bonds. The maximum Gasteiger partial charge on any atom is 0.347 e. The number of anilines is 1. The monoisotopic (exact) mass is 308 g/mol. The van der Waals surface area contributed by atoms with E-state index in [2.05, 4.69) is 15.1 Å². The third-order valence-electron chi connectivity index (χ3n) is 2.64. The van der Waals surface area contributed by atoms with Crippen LogP contribution in [0.4, 0.5) is 10.2 Å². The van der Waals surface area contributed by atoms with Gasteiger partial charge in [-0.3, -0.25) is 0 Å². The number of benzene rings is 1. The molecule has 0 saturated carbocycles. The van der Waals surface area contributed by atoms with Crippen LogP contribution >= 0.6 is 11.6 Å². The molecule has 1 aromatic heterocycles. The van der Waals surface area contributed by atoms with Crippen molar-refractivity contribution in [2.75, 3.05) is 11.9 Å². The van der Waals surface area contributed by atoms with Crippen molar-refractivity contribution in [2.45, 2.75) is 13.5 Å². The van der Waals surface area contributed by atoms with Crippen LogP contribution in [0.3, 0.4) is 0 Å². The maximum atomic E-state index is 13.8. The number of oxime groups is 1. The molecule has 110 valence electrons. The summed E-state index contributed by atoms with van der Waals surface area (Å²) in [4.78, 5) is 14.3. The Morgan fingerprint density at radius 2 is 2.10 bits per heavy atom. The lowest BCUT2D eigenvalue weighted by molar-refractivity contribution is 0.313. The van der Waals surface area contributed by atoms with Gasteiger partial charge in [-0.05, 0) is 24.6 Å². The lowest BCUT2D eigenvalue weighted by Crippen LogP contribution is -2.19. The Kier molecular flexibility index (Phi) is 5.05. The van der Waals surface area contributed by atoms with Crippen LogP contribution in [0.1, 0.15) is 12.5 Å². The third-order valence-corrected chi connectivity index (χ3v) is 2.89. The molecule has 21 heavy (non-hydrogen) atoms. The minimum atomic E-state index is -0.528. The Balaban J connectivity index is 2.17. The van der Waals surface area contributed by atoms with Crippen molar-refractivity contribution in [1.82, 2.24) is 9.97 Å².